The monoisotopic (exact) mass is 462 g/mol. The Hall–Kier alpha value is -2.70. The quantitative estimate of drug-likeness (QED) is 0.402. The van der Waals surface area contributed by atoms with Crippen LogP contribution in [-0.4, -0.2) is 46.6 Å². The Bertz CT molecular complexity index is 1050. The summed E-state index contributed by atoms with van der Waals surface area (Å²) in [4.78, 5) is 20.0. The molecular weight excluding hydrogens is 428 g/mol. The van der Waals surface area contributed by atoms with Crippen molar-refractivity contribution in [3.8, 4) is 11.1 Å². The molecule has 2 amide bonds. The molecule has 0 saturated carbocycles. The minimum Gasteiger partial charge on any atom is -0.311 e. The van der Waals surface area contributed by atoms with E-state index in [0.717, 1.165) is 41.3 Å². The average Bonchev–Trinajstić information content (AvgIpc) is 3.19. The Balaban J connectivity index is 1.75. The number of carbonyl (C=O) groups excluding carboxylic acids is 1. The van der Waals surface area contributed by atoms with E-state index in [4.69, 9.17) is 4.37 Å². The number of nitrogens with zero attached hydrogens (tertiary/aromatic N) is 4. The number of anilines is 1. The summed E-state index contributed by atoms with van der Waals surface area (Å²) in [5.41, 5.74) is 4.43. The average molecular weight is 463 g/mol. The van der Waals surface area contributed by atoms with E-state index in [1.54, 1.807) is 0 Å². The van der Waals surface area contributed by atoms with E-state index in [0.29, 0.717) is 25.2 Å². The molecule has 1 aromatic heterocycles. The maximum absolute atomic E-state index is 13.6. The van der Waals surface area contributed by atoms with Crippen molar-refractivity contribution in [2.45, 2.75) is 34.1 Å². The van der Waals surface area contributed by atoms with Crippen LogP contribution in [0.1, 0.15) is 39.0 Å². The summed E-state index contributed by atoms with van der Waals surface area (Å²) in [7, 11) is 0. The Morgan fingerprint density at radius 3 is 2.15 bits per heavy atom. The van der Waals surface area contributed by atoms with Gasteiger partial charge in [-0.25, -0.2) is 4.79 Å². The molecule has 1 aliphatic rings. The van der Waals surface area contributed by atoms with Gasteiger partial charge in [-0.1, -0.05) is 88.4 Å². The number of benzene rings is 2. The molecule has 3 aromatic rings. The first-order valence-electron chi connectivity index (χ1n) is 11.8. The lowest BCUT2D eigenvalue weighted by Gasteiger charge is -2.43. The standard InChI is InChI=1S/C27H34N4OS/c1-20(2)16-29-18-30(17-21(3)4)27(32)31(19-29)26-25(23-13-9-6-10-14-23)24(28-33-26)15-22-11-7-5-8-12-22/h5-14,20-21H,15-19H2,1-4H3. The summed E-state index contributed by atoms with van der Waals surface area (Å²) in [6.45, 7) is 11.8. The highest BCUT2D eigenvalue weighted by atomic mass is 32.1. The molecule has 0 N–H and O–H groups in total. The molecule has 0 aliphatic carbocycles. The third kappa shape index (κ3) is 5.63. The largest absolute Gasteiger partial charge is 0.327 e. The summed E-state index contributed by atoms with van der Waals surface area (Å²) in [6.07, 6.45) is 0.745. The molecule has 0 atom stereocenters. The summed E-state index contributed by atoms with van der Waals surface area (Å²) in [5.74, 6) is 0.947. The summed E-state index contributed by atoms with van der Waals surface area (Å²) >= 11 is 1.44. The first kappa shape index (κ1) is 23.5. The van der Waals surface area contributed by atoms with Crippen LogP contribution >= 0.6 is 11.5 Å². The van der Waals surface area contributed by atoms with Gasteiger partial charge in [0.15, 0.2) is 0 Å². The van der Waals surface area contributed by atoms with Crippen molar-refractivity contribution in [1.29, 1.82) is 0 Å². The van der Waals surface area contributed by atoms with Gasteiger partial charge in [0.2, 0.25) is 0 Å². The predicted octanol–water partition coefficient (Wildman–Crippen LogP) is 6.17. The van der Waals surface area contributed by atoms with Crippen LogP contribution in [0, 0.1) is 11.8 Å². The summed E-state index contributed by atoms with van der Waals surface area (Å²) in [6, 6.07) is 20.9. The van der Waals surface area contributed by atoms with E-state index in [9.17, 15) is 4.79 Å². The number of urea groups is 1. The first-order chi connectivity index (χ1) is 15.9. The zero-order valence-corrected chi connectivity index (χ0v) is 20.9. The number of hydrogen-bond acceptors (Lipinski definition) is 4. The molecule has 0 bridgehead atoms. The normalized spacial score (nSPS) is 15.2. The third-order valence-corrected chi connectivity index (χ3v) is 6.60. The molecule has 33 heavy (non-hydrogen) atoms. The molecule has 0 unspecified atom stereocenters. The van der Waals surface area contributed by atoms with Gasteiger partial charge in [-0.15, -0.1) is 0 Å². The Labute approximate surface area is 201 Å². The van der Waals surface area contributed by atoms with Crippen LogP contribution in [0.5, 0.6) is 0 Å². The fraction of sp³-hybridized carbons (Fsp3) is 0.407. The van der Waals surface area contributed by atoms with E-state index in [1.807, 2.05) is 21.9 Å². The van der Waals surface area contributed by atoms with Gasteiger partial charge in [0, 0.05) is 25.1 Å². The van der Waals surface area contributed by atoms with Crippen LogP contribution in [0.2, 0.25) is 0 Å². The number of amides is 2. The van der Waals surface area contributed by atoms with Crippen molar-refractivity contribution in [3.05, 3.63) is 71.9 Å². The Morgan fingerprint density at radius 1 is 0.879 bits per heavy atom. The summed E-state index contributed by atoms with van der Waals surface area (Å²) in [5, 5.41) is 0.944. The second-order valence-corrected chi connectivity index (χ2v) is 10.4. The molecule has 2 heterocycles. The minimum absolute atomic E-state index is 0.0794. The summed E-state index contributed by atoms with van der Waals surface area (Å²) < 4.78 is 4.88. The number of aromatic nitrogens is 1. The molecule has 4 rings (SSSR count). The predicted molar refractivity (Wildman–Crippen MR) is 137 cm³/mol. The van der Waals surface area contributed by atoms with Crippen molar-refractivity contribution in [3.63, 3.8) is 0 Å². The second-order valence-electron chi connectivity index (χ2n) is 9.69. The van der Waals surface area contributed by atoms with Crippen LogP contribution < -0.4 is 4.90 Å². The second kappa shape index (κ2) is 10.5. The van der Waals surface area contributed by atoms with Crippen molar-refractivity contribution in [1.82, 2.24) is 14.2 Å². The topological polar surface area (TPSA) is 39.7 Å². The van der Waals surface area contributed by atoms with Crippen molar-refractivity contribution in [2.75, 3.05) is 31.3 Å². The molecule has 1 aliphatic heterocycles. The van der Waals surface area contributed by atoms with E-state index in [2.05, 4.69) is 81.1 Å². The van der Waals surface area contributed by atoms with Gasteiger partial charge in [-0.3, -0.25) is 9.80 Å². The maximum atomic E-state index is 13.6. The SMILES string of the molecule is CC(C)CN1CN(CC(C)C)C(=O)N(c2snc(Cc3ccccc3)c2-c2ccccc2)C1. The highest BCUT2D eigenvalue weighted by Crippen LogP contribution is 2.40. The van der Waals surface area contributed by atoms with Crippen molar-refractivity contribution in [2.24, 2.45) is 11.8 Å². The number of rotatable bonds is 8. The van der Waals surface area contributed by atoms with E-state index >= 15 is 0 Å². The van der Waals surface area contributed by atoms with E-state index in [1.165, 1.54) is 17.1 Å². The van der Waals surface area contributed by atoms with Gasteiger partial charge in [0.1, 0.15) is 5.00 Å². The highest BCUT2D eigenvalue weighted by molar-refractivity contribution is 7.11. The molecule has 1 fully saturated rings. The molecular formula is C27H34N4OS. The van der Waals surface area contributed by atoms with Gasteiger partial charge in [0.05, 0.1) is 19.0 Å². The van der Waals surface area contributed by atoms with Crippen molar-refractivity contribution >= 4 is 22.6 Å². The van der Waals surface area contributed by atoms with Gasteiger partial charge < -0.3 is 4.90 Å². The molecule has 0 spiro atoms. The zero-order chi connectivity index (χ0) is 23.4. The lowest BCUT2D eigenvalue weighted by Crippen LogP contribution is -2.59. The highest BCUT2D eigenvalue weighted by Gasteiger charge is 2.35. The van der Waals surface area contributed by atoms with Crippen LogP contribution in [0.3, 0.4) is 0 Å². The molecule has 6 heteroatoms. The van der Waals surface area contributed by atoms with Gasteiger partial charge >= 0.3 is 6.03 Å². The lowest BCUT2D eigenvalue weighted by atomic mass is 10.0. The van der Waals surface area contributed by atoms with Crippen LogP contribution in [-0.2, 0) is 6.42 Å². The van der Waals surface area contributed by atoms with Crippen LogP contribution in [0.15, 0.2) is 60.7 Å². The number of carbonyl (C=O) groups is 1. The van der Waals surface area contributed by atoms with E-state index in [-0.39, 0.29) is 6.03 Å². The van der Waals surface area contributed by atoms with Crippen LogP contribution in [0.4, 0.5) is 9.80 Å². The fourth-order valence-corrected chi connectivity index (χ4v) is 5.35. The number of hydrogen-bond donors (Lipinski definition) is 0. The van der Waals surface area contributed by atoms with Gasteiger partial charge in [-0.05, 0) is 34.5 Å². The lowest BCUT2D eigenvalue weighted by molar-refractivity contribution is 0.100. The van der Waals surface area contributed by atoms with Gasteiger partial charge in [0.25, 0.3) is 0 Å². The Kier molecular flexibility index (Phi) is 7.46. The fourth-order valence-electron chi connectivity index (χ4n) is 4.44. The molecule has 0 radical (unpaired) electrons. The van der Waals surface area contributed by atoms with E-state index < -0.39 is 0 Å². The zero-order valence-electron chi connectivity index (χ0n) is 20.1. The van der Waals surface area contributed by atoms with Gasteiger partial charge in [-0.2, -0.15) is 4.37 Å². The molecule has 5 nitrogen and oxygen atoms in total. The minimum atomic E-state index is 0.0794. The van der Waals surface area contributed by atoms with Crippen molar-refractivity contribution < 1.29 is 4.79 Å². The first-order valence-corrected chi connectivity index (χ1v) is 12.6. The molecule has 174 valence electrons. The molecule has 2 aromatic carbocycles. The Morgan fingerprint density at radius 2 is 1.52 bits per heavy atom. The van der Waals surface area contributed by atoms with Crippen LogP contribution in [0.25, 0.3) is 11.1 Å². The maximum Gasteiger partial charge on any atom is 0.327 e. The smallest absolute Gasteiger partial charge is 0.311 e. The third-order valence-electron chi connectivity index (χ3n) is 5.69. The molecule has 1 saturated heterocycles.